The second kappa shape index (κ2) is 6.62. The van der Waals surface area contributed by atoms with Crippen LogP contribution in [0.1, 0.15) is 17.5 Å². The van der Waals surface area contributed by atoms with Gasteiger partial charge in [0.2, 0.25) is 5.16 Å². The first-order valence-electron chi connectivity index (χ1n) is 8.74. The maximum atomic E-state index is 6.76. The molecule has 136 valence electrons. The summed E-state index contributed by atoms with van der Waals surface area (Å²) in [6.07, 6.45) is 1.95. The van der Waals surface area contributed by atoms with Crippen molar-refractivity contribution in [2.75, 3.05) is 12.5 Å². The third-order valence-corrected chi connectivity index (χ3v) is 6.51. The zero-order valence-corrected chi connectivity index (χ0v) is 16.2. The maximum Gasteiger partial charge on any atom is 0.212 e. The number of nitrogens with one attached hydrogen (secondary N) is 1. The summed E-state index contributed by atoms with van der Waals surface area (Å²) in [6, 6.07) is 16.2. The van der Waals surface area contributed by atoms with Crippen LogP contribution in [-0.4, -0.2) is 27.4 Å². The van der Waals surface area contributed by atoms with Crippen molar-refractivity contribution in [3.63, 3.8) is 0 Å². The average molecular weight is 397 g/mol. The highest BCUT2D eigenvalue weighted by Gasteiger charge is 2.32. The monoisotopic (exact) mass is 396 g/mol. The number of halogens is 1. The van der Waals surface area contributed by atoms with E-state index >= 15 is 0 Å². The van der Waals surface area contributed by atoms with Gasteiger partial charge in [0, 0.05) is 5.56 Å². The minimum atomic E-state index is 0.0633. The minimum absolute atomic E-state index is 0.0633. The van der Waals surface area contributed by atoms with Gasteiger partial charge < -0.3 is 10.2 Å². The highest BCUT2D eigenvalue weighted by atomic mass is 35.5. The zero-order valence-electron chi connectivity index (χ0n) is 14.6. The molecule has 1 aliphatic heterocycles. The van der Waals surface area contributed by atoms with Gasteiger partial charge in [-0.15, -0.1) is 10.2 Å². The molecule has 2 aromatic carbocycles. The molecule has 0 radical (unpaired) electrons. The number of hydrogen-bond donors (Lipinski definition) is 1. The van der Waals surface area contributed by atoms with Crippen molar-refractivity contribution < 1.29 is 4.74 Å². The Kier molecular flexibility index (Phi) is 4.10. The fraction of sp³-hybridized carbons (Fsp3) is 0.200. The molecule has 1 N–H and O–H groups in total. The fourth-order valence-corrected chi connectivity index (χ4v) is 5.07. The molecule has 1 aliphatic carbocycles. The van der Waals surface area contributed by atoms with Crippen LogP contribution in [-0.2, 0) is 6.42 Å². The summed E-state index contributed by atoms with van der Waals surface area (Å²) >= 11 is 8.42. The molecule has 0 bridgehead atoms. The van der Waals surface area contributed by atoms with Crippen LogP contribution in [0, 0.1) is 0 Å². The molecule has 3 aromatic rings. The number of hydrogen-bond acceptors (Lipinski definition) is 5. The molecular weight excluding hydrogens is 380 g/mol. The third kappa shape index (κ3) is 2.80. The normalized spacial score (nSPS) is 18.1. The molecule has 0 spiro atoms. The SMILES string of the molecule is COc1ccc(-c2nnc3n2NC(C2=C(Cl)c4ccccc4CC2)S3)cc1. The molecule has 27 heavy (non-hydrogen) atoms. The molecule has 7 heteroatoms. The van der Waals surface area contributed by atoms with Crippen molar-refractivity contribution in [2.45, 2.75) is 23.4 Å². The summed E-state index contributed by atoms with van der Waals surface area (Å²) in [5.74, 6) is 1.61. The molecule has 0 saturated heterocycles. The van der Waals surface area contributed by atoms with Crippen molar-refractivity contribution in [3.05, 3.63) is 65.2 Å². The van der Waals surface area contributed by atoms with Gasteiger partial charge in [-0.1, -0.05) is 47.6 Å². The van der Waals surface area contributed by atoms with Crippen LogP contribution in [0.3, 0.4) is 0 Å². The first kappa shape index (κ1) is 16.7. The van der Waals surface area contributed by atoms with Gasteiger partial charge in [0.15, 0.2) is 5.82 Å². The second-order valence-electron chi connectivity index (χ2n) is 6.49. The number of nitrogens with zero attached hydrogens (tertiary/aromatic N) is 3. The van der Waals surface area contributed by atoms with Crippen LogP contribution in [0.15, 0.2) is 59.3 Å². The number of aryl methyl sites for hydroxylation is 1. The van der Waals surface area contributed by atoms with E-state index in [-0.39, 0.29) is 5.37 Å². The summed E-state index contributed by atoms with van der Waals surface area (Å²) in [5, 5.41) is 10.4. The predicted octanol–water partition coefficient (Wildman–Crippen LogP) is 4.53. The number of methoxy groups -OCH3 is 1. The Morgan fingerprint density at radius 3 is 2.74 bits per heavy atom. The molecule has 1 atom stereocenters. The number of rotatable bonds is 3. The quantitative estimate of drug-likeness (QED) is 0.705. The van der Waals surface area contributed by atoms with Crippen LogP contribution in [0.5, 0.6) is 5.75 Å². The Labute approximate surface area is 166 Å². The Morgan fingerprint density at radius 1 is 1.11 bits per heavy atom. The van der Waals surface area contributed by atoms with Gasteiger partial charge in [0.25, 0.3) is 0 Å². The molecule has 5 nitrogen and oxygen atoms in total. The van der Waals surface area contributed by atoms with Crippen molar-refractivity contribution >= 4 is 28.4 Å². The van der Waals surface area contributed by atoms with E-state index in [1.54, 1.807) is 18.9 Å². The lowest BCUT2D eigenvalue weighted by Gasteiger charge is -2.23. The molecule has 2 aliphatic rings. The lowest BCUT2D eigenvalue weighted by atomic mass is 9.92. The second-order valence-corrected chi connectivity index (χ2v) is 7.94. The van der Waals surface area contributed by atoms with E-state index in [2.05, 4.69) is 33.8 Å². The smallest absolute Gasteiger partial charge is 0.212 e. The lowest BCUT2D eigenvalue weighted by Crippen LogP contribution is -2.23. The maximum absolute atomic E-state index is 6.76. The van der Waals surface area contributed by atoms with Crippen LogP contribution >= 0.6 is 23.4 Å². The third-order valence-electron chi connectivity index (χ3n) is 4.97. The van der Waals surface area contributed by atoms with Gasteiger partial charge >= 0.3 is 0 Å². The van der Waals surface area contributed by atoms with Gasteiger partial charge in [-0.3, -0.25) is 0 Å². The Morgan fingerprint density at radius 2 is 1.93 bits per heavy atom. The zero-order chi connectivity index (χ0) is 18.4. The van der Waals surface area contributed by atoms with Crippen molar-refractivity contribution in [1.82, 2.24) is 14.9 Å². The molecule has 5 rings (SSSR count). The predicted molar refractivity (Wildman–Crippen MR) is 109 cm³/mol. The summed E-state index contributed by atoms with van der Waals surface area (Å²) < 4.78 is 7.19. The summed E-state index contributed by atoms with van der Waals surface area (Å²) in [7, 11) is 1.66. The first-order valence-corrected chi connectivity index (χ1v) is 10.0. The van der Waals surface area contributed by atoms with E-state index in [1.807, 2.05) is 35.0 Å². The van der Waals surface area contributed by atoms with Gasteiger partial charge in [-0.25, -0.2) is 4.68 Å². The van der Waals surface area contributed by atoms with E-state index < -0.39 is 0 Å². The van der Waals surface area contributed by atoms with Gasteiger partial charge in [0.05, 0.1) is 12.1 Å². The first-order chi connectivity index (χ1) is 13.2. The van der Waals surface area contributed by atoms with Crippen LogP contribution < -0.4 is 10.2 Å². The molecule has 2 heterocycles. The van der Waals surface area contributed by atoms with E-state index in [9.17, 15) is 0 Å². The van der Waals surface area contributed by atoms with Gasteiger partial charge in [-0.2, -0.15) is 0 Å². The van der Waals surface area contributed by atoms with Crippen molar-refractivity contribution in [2.24, 2.45) is 0 Å². The molecule has 0 amide bonds. The lowest BCUT2D eigenvalue weighted by molar-refractivity contribution is 0.415. The van der Waals surface area contributed by atoms with E-state index in [0.717, 1.165) is 45.7 Å². The van der Waals surface area contributed by atoms with Gasteiger partial charge in [-0.05, 0) is 53.8 Å². The summed E-state index contributed by atoms with van der Waals surface area (Å²) in [6.45, 7) is 0. The van der Waals surface area contributed by atoms with E-state index in [4.69, 9.17) is 16.3 Å². The van der Waals surface area contributed by atoms with Gasteiger partial charge in [0.1, 0.15) is 11.1 Å². The van der Waals surface area contributed by atoms with Crippen molar-refractivity contribution in [3.8, 4) is 17.1 Å². The Bertz CT molecular complexity index is 1040. The van der Waals surface area contributed by atoms with Crippen LogP contribution in [0.4, 0.5) is 0 Å². The highest BCUT2D eigenvalue weighted by molar-refractivity contribution is 8.00. The number of benzene rings is 2. The summed E-state index contributed by atoms with van der Waals surface area (Å²) in [4.78, 5) is 0. The number of aromatic nitrogens is 3. The minimum Gasteiger partial charge on any atom is -0.497 e. The number of fused-ring (bicyclic) bond motifs is 2. The molecule has 0 fully saturated rings. The summed E-state index contributed by atoms with van der Waals surface area (Å²) in [5.41, 5.74) is 8.17. The Balaban J connectivity index is 1.46. The molecule has 0 saturated carbocycles. The fourth-order valence-electron chi connectivity index (χ4n) is 3.54. The number of ether oxygens (including phenoxy) is 1. The van der Waals surface area contributed by atoms with Crippen LogP contribution in [0.2, 0.25) is 0 Å². The standard InChI is InChI=1S/C20H17ClN4OS/c1-26-14-9-6-13(7-10-14)18-22-23-20-25(18)24-19(27-20)16-11-8-12-4-2-3-5-15(12)17(16)21/h2-7,9-10,19,24H,8,11H2,1H3. The largest absolute Gasteiger partial charge is 0.497 e. The number of thioether (sulfide) groups is 1. The van der Waals surface area contributed by atoms with Crippen molar-refractivity contribution in [1.29, 1.82) is 0 Å². The van der Waals surface area contributed by atoms with Crippen LogP contribution in [0.25, 0.3) is 16.4 Å². The van der Waals surface area contributed by atoms with E-state index in [0.29, 0.717) is 0 Å². The molecule has 1 aromatic heterocycles. The molecule has 1 unspecified atom stereocenters. The van der Waals surface area contributed by atoms with E-state index in [1.165, 1.54) is 11.1 Å². The highest BCUT2D eigenvalue weighted by Crippen LogP contribution is 2.42. The topological polar surface area (TPSA) is 52.0 Å². The molecular formula is C20H17ClN4OS. The Hall–Kier alpha value is -2.44. The average Bonchev–Trinajstić information content (AvgIpc) is 3.29.